The fourth-order valence-electron chi connectivity index (χ4n) is 5.26. The summed E-state index contributed by atoms with van der Waals surface area (Å²) in [6.45, 7) is 6.41. The molecule has 1 aromatic carbocycles. The molecule has 0 radical (unpaired) electrons. The molecule has 5 nitrogen and oxygen atoms in total. The molecule has 1 N–H and O–H groups in total. The second kappa shape index (κ2) is 10.8. The number of aromatic nitrogens is 1. The van der Waals surface area contributed by atoms with Gasteiger partial charge < -0.3 is 5.11 Å². The van der Waals surface area contributed by atoms with E-state index in [1.54, 1.807) is 0 Å². The van der Waals surface area contributed by atoms with Gasteiger partial charge in [-0.1, -0.05) is 17.7 Å². The van der Waals surface area contributed by atoms with Crippen LogP contribution in [0.25, 0.3) is 0 Å². The number of β-amino-alcohol motifs (C(OH)–C–C–N with tert-alkyl or cyclic N) is 1. The maximum absolute atomic E-state index is 10.9. The number of rotatable bonds is 4. The lowest BCUT2D eigenvalue weighted by molar-refractivity contribution is -0.0464. The van der Waals surface area contributed by atoms with Crippen molar-refractivity contribution in [2.24, 2.45) is 0 Å². The number of aliphatic hydroxyl groups excluding tert-OH is 1. The zero-order valence-electron chi connectivity index (χ0n) is 18.5. The number of nitrogens with zero attached hydrogens (tertiary/aromatic N) is 4. The highest BCUT2D eigenvalue weighted by Crippen LogP contribution is 2.41. The predicted molar refractivity (Wildman–Crippen MR) is 143 cm³/mol. The van der Waals surface area contributed by atoms with E-state index in [9.17, 15) is 5.11 Å². The van der Waals surface area contributed by atoms with Gasteiger partial charge in [-0.3, -0.25) is 19.7 Å². The van der Waals surface area contributed by atoms with E-state index in [1.807, 2.05) is 24.0 Å². The molecule has 33 heavy (non-hydrogen) atoms. The molecular formula is C24H29Br2ClN4OS. The number of pyridine rings is 1. The Bertz CT molecular complexity index is 999. The third kappa shape index (κ3) is 5.33. The molecule has 2 fully saturated rings. The van der Waals surface area contributed by atoms with Crippen molar-refractivity contribution < 1.29 is 5.11 Å². The van der Waals surface area contributed by atoms with Gasteiger partial charge in [0.25, 0.3) is 0 Å². The highest BCUT2D eigenvalue weighted by Gasteiger charge is 2.34. The van der Waals surface area contributed by atoms with Crippen LogP contribution in [0, 0.1) is 0 Å². The summed E-state index contributed by atoms with van der Waals surface area (Å²) in [6, 6.07) is 6.49. The Morgan fingerprint density at radius 3 is 2.61 bits per heavy atom. The average molecular weight is 617 g/mol. The highest BCUT2D eigenvalue weighted by molar-refractivity contribution is 9.10. The van der Waals surface area contributed by atoms with Crippen LogP contribution in [0.3, 0.4) is 0 Å². The van der Waals surface area contributed by atoms with Gasteiger partial charge in [0, 0.05) is 72.5 Å². The van der Waals surface area contributed by atoms with Gasteiger partial charge in [0.05, 0.1) is 16.8 Å². The van der Waals surface area contributed by atoms with E-state index in [4.69, 9.17) is 16.6 Å². The number of benzene rings is 1. The molecule has 2 saturated heterocycles. The van der Waals surface area contributed by atoms with E-state index in [0.29, 0.717) is 0 Å². The molecule has 2 aromatic rings. The number of hydrogen-bond donors (Lipinski definition) is 1. The van der Waals surface area contributed by atoms with Crippen LogP contribution < -0.4 is 0 Å². The quantitative estimate of drug-likeness (QED) is 0.549. The largest absolute Gasteiger partial charge is 0.377 e. The van der Waals surface area contributed by atoms with Crippen molar-refractivity contribution in [1.29, 1.82) is 0 Å². The van der Waals surface area contributed by atoms with Gasteiger partial charge in [-0.2, -0.15) is 11.8 Å². The van der Waals surface area contributed by atoms with Gasteiger partial charge in [-0.25, -0.2) is 0 Å². The molecule has 2 atom stereocenters. The summed E-state index contributed by atoms with van der Waals surface area (Å²) in [5.74, 6) is 2.34. The third-order valence-corrected chi connectivity index (χ3v) is 9.88. The number of aryl methyl sites for hydroxylation is 1. The Balaban J connectivity index is 1.37. The summed E-state index contributed by atoms with van der Waals surface area (Å²) in [5, 5.41) is 11.7. The van der Waals surface area contributed by atoms with Gasteiger partial charge in [0.1, 0.15) is 6.23 Å². The van der Waals surface area contributed by atoms with Gasteiger partial charge in [-0.05, 0) is 73.5 Å². The first-order valence-corrected chi connectivity index (χ1v) is 14.7. The molecule has 0 saturated carbocycles. The molecule has 3 heterocycles. The number of piperazine rings is 1. The fraction of sp³-hybridized carbons (Fsp3) is 0.542. The topological polar surface area (TPSA) is 42.8 Å². The van der Waals surface area contributed by atoms with E-state index < -0.39 is 6.23 Å². The number of hydrogen-bond acceptors (Lipinski definition) is 6. The molecule has 0 spiro atoms. The SMILES string of the molecule is OC(CN1CCSCC1)N1CCN(C2c3ccc(Cl)c(Br)c3CCc3cc(Br)cnc32)CC1. The minimum absolute atomic E-state index is 0.0950. The molecule has 2 unspecified atom stereocenters. The van der Waals surface area contributed by atoms with Gasteiger partial charge >= 0.3 is 0 Å². The number of thioether (sulfide) groups is 1. The summed E-state index contributed by atoms with van der Waals surface area (Å²) in [6.07, 6.45) is 3.40. The monoisotopic (exact) mass is 614 g/mol. The molecule has 9 heteroatoms. The van der Waals surface area contributed by atoms with Crippen molar-refractivity contribution >= 4 is 55.2 Å². The lowest BCUT2D eigenvalue weighted by Crippen LogP contribution is -2.54. The summed E-state index contributed by atoms with van der Waals surface area (Å²) < 4.78 is 2.03. The zero-order chi connectivity index (χ0) is 22.9. The summed E-state index contributed by atoms with van der Waals surface area (Å²) in [7, 11) is 0. The fourth-order valence-corrected chi connectivity index (χ4v) is 7.35. The van der Waals surface area contributed by atoms with Crippen LogP contribution in [0.15, 0.2) is 33.3 Å². The Labute approximate surface area is 222 Å². The maximum Gasteiger partial charge on any atom is 0.120 e. The van der Waals surface area contributed by atoms with E-state index in [0.717, 1.165) is 78.3 Å². The van der Waals surface area contributed by atoms with Crippen LogP contribution in [0.4, 0.5) is 0 Å². The van der Waals surface area contributed by atoms with E-state index in [-0.39, 0.29) is 6.04 Å². The molecule has 3 aliphatic rings. The van der Waals surface area contributed by atoms with Crippen LogP contribution in [0.2, 0.25) is 5.02 Å². The molecule has 1 aromatic heterocycles. The first-order valence-electron chi connectivity index (χ1n) is 11.6. The van der Waals surface area contributed by atoms with Gasteiger partial charge in [-0.15, -0.1) is 0 Å². The zero-order valence-corrected chi connectivity index (χ0v) is 23.3. The van der Waals surface area contributed by atoms with Crippen LogP contribution in [-0.4, -0.2) is 88.3 Å². The molecule has 5 rings (SSSR count). The van der Waals surface area contributed by atoms with Crippen molar-refractivity contribution in [3.63, 3.8) is 0 Å². The van der Waals surface area contributed by atoms with Crippen molar-refractivity contribution in [3.8, 4) is 0 Å². The average Bonchev–Trinajstić information content (AvgIpc) is 2.99. The van der Waals surface area contributed by atoms with Crippen LogP contribution >= 0.6 is 55.2 Å². The minimum atomic E-state index is -0.397. The summed E-state index contributed by atoms with van der Waals surface area (Å²) in [4.78, 5) is 12.1. The van der Waals surface area contributed by atoms with E-state index in [1.165, 1.54) is 28.2 Å². The second-order valence-electron chi connectivity index (χ2n) is 9.00. The minimum Gasteiger partial charge on any atom is -0.377 e. The Morgan fingerprint density at radius 2 is 1.85 bits per heavy atom. The molecule has 1 aliphatic carbocycles. The lowest BCUT2D eigenvalue weighted by Gasteiger charge is -2.42. The first-order chi connectivity index (χ1) is 16.0. The highest BCUT2D eigenvalue weighted by atomic mass is 79.9. The van der Waals surface area contributed by atoms with Crippen LogP contribution in [0.5, 0.6) is 0 Å². The molecule has 2 aliphatic heterocycles. The van der Waals surface area contributed by atoms with E-state index in [2.05, 4.69) is 58.7 Å². The van der Waals surface area contributed by atoms with Gasteiger partial charge in [0.2, 0.25) is 0 Å². The Hall–Kier alpha value is -0.190. The lowest BCUT2D eigenvalue weighted by atomic mass is 9.96. The second-order valence-corrected chi connectivity index (χ2v) is 12.3. The Kier molecular flexibility index (Phi) is 8.04. The summed E-state index contributed by atoms with van der Waals surface area (Å²) in [5.41, 5.74) is 5.01. The maximum atomic E-state index is 10.9. The first kappa shape index (κ1) is 24.5. The van der Waals surface area contributed by atoms with E-state index >= 15 is 0 Å². The third-order valence-electron chi connectivity index (χ3n) is 7.06. The normalized spacial score (nSPS) is 23.6. The number of fused-ring (bicyclic) bond motifs is 2. The Morgan fingerprint density at radius 1 is 1.09 bits per heavy atom. The van der Waals surface area contributed by atoms with Crippen LogP contribution in [0.1, 0.15) is 28.4 Å². The number of halogens is 3. The smallest absolute Gasteiger partial charge is 0.120 e. The number of aliphatic hydroxyl groups is 1. The van der Waals surface area contributed by atoms with Crippen molar-refractivity contribution in [2.45, 2.75) is 25.1 Å². The molecule has 0 amide bonds. The van der Waals surface area contributed by atoms with Crippen molar-refractivity contribution in [1.82, 2.24) is 19.7 Å². The molecule has 178 valence electrons. The molecule has 0 bridgehead atoms. The van der Waals surface area contributed by atoms with Gasteiger partial charge in [0.15, 0.2) is 0 Å². The molecular weight excluding hydrogens is 588 g/mol. The summed E-state index contributed by atoms with van der Waals surface area (Å²) >= 11 is 15.9. The van der Waals surface area contributed by atoms with Crippen LogP contribution in [-0.2, 0) is 12.8 Å². The van der Waals surface area contributed by atoms with Crippen molar-refractivity contribution in [2.75, 3.05) is 57.3 Å². The van der Waals surface area contributed by atoms with Crippen molar-refractivity contribution in [3.05, 3.63) is 60.7 Å². The predicted octanol–water partition coefficient (Wildman–Crippen LogP) is 4.43. The standard InChI is InChI=1S/C24H29Br2ClN4OS/c25-17-13-16-1-2-18-19(3-4-20(27)22(18)26)24(23(16)28-14-17)31-7-5-30(6-8-31)21(32)15-29-9-11-33-12-10-29/h3-4,13-14,21,24,32H,1-2,5-12,15H2.